The largest absolute Gasteiger partial charge is 0.367 e. The lowest BCUT2D eigenvalue weighted by Crippen LogP contribution is -2.24. The van der Waals surface area contributed by atoms with E-state index in [1.165, 1.54) is 12.8 Å². The number of hydrogen-bond acceptors (Lipinski definition) is 4. The van der Waals surface area contributed by atoms with Gasteiger partial charge in [-0.05, 0) is 25.3 Å². The van der Waals surface area contributed by atoms with Crippen LogP contribution in [-0.4, -0.2) is 21.9 Å². The third kappa shape index (κ3) is 3.78. The van der Waals surface area contributed by atoms with Gasteiger partial charge in [-0.3, -0.25) is 4.79 Å². The number of nitrogens with one attached hydrogen (secondary N) is 2. The number of benzene rings is 1. The number of carbonyl (C=O) groups is 1. The summed E-state index contributed by atoms with van der Waals surface area (Å²) in [6.45, 7) is 2.29. The van der Waals surface area contributed by atoms with Gasteiger partial charge in [0.1, 0.15) is 17.3 Å². The van der Waals surface area contributed by atoms with Gasteiger partial charge >= 0.3 is 0 Å². The molecule has 0 aliphatic heterocycles. The molecule has 0 atom stereocenters. The fraction of sp³-hybridized carbons (Fsp3) is 0.312. The summed E-state index contributed by atoms with van der Waals surface area (Å²) >= 11 is 0. The molecule has 1 aromatic carbocycles. The highest BCUT2D eigenvalue weighted by Crippen LogP contribution is 2.23. The quantitative estimate of drug-likeness (QED) is 0.883. The number of aromatic nitrogens is 2. The lowest BCUT2D eigenvalue weighted by molar-refractivity contribution is 0.0945. The summed E-state index contributed by atoms with van der Waals surface area (Å²) in [5.41, 5.74) is 1.47. The first-order valence-electron chi connectivity index (χ1n) is 7.15. The normalized spacial score (nSPS) is 13.8. The molecule has 1 saturated carbocycles. The Morgan fingerprint density at radius 2 is 2.00 bits per heavy atom. The molecule has 1 aliphatic carbocycles. The van der Waals surface area contributed by atoms with Crippen molar-refractivity contribution in [2.45, 2.75) is 32.4 Å². The van der Waals surface area contributed by atoms with Crippen LogP contribution in [0.3, 0.4) is 0 Å². The molecule has 0 unspecified atom stereocenters. The Labute approximate surface area is 123 Å². The van der Waals surface area contributed by atoms with E-state index < -0.39 is 0 Å². The molecule has 21 heavy (non-hydrogen) atoms. The van der Waals surface area contributed by atoms with Gasteiger partial charge in [0.15, 0.2) is 0 Å². The van der Waals surface area contributed by atoms with Crippen LogP contribution in [0.15, 0.2) is 36.4 Å². The molecule has 2 N–H and O–H groups in total. The number of anilines is 1. The highest BCUT2D eigenvalue weighted by molar-refractivity contribution is 5.92. The Morgan fingerprint density at radius 1 is 1.24 bits per heavy atom. The van der Waals surface area contributed by atoms with Crippen molar-refractivity contribution in [3.8, 4) is 0 Å². The summed E-state index contributed by atoms with van der Waals surface area (Å²) in [5, 5.41) is 6.18. The second-order valence-corrected chi connectivity index (χ2v) is 5.27. The Kier molecular flexibility index (Phi) is 3.81. The fourth-order valence-corrected chi connectivity index (χ4v) is 2.06. The van der Waals surface area contributed by atoms with Crippen molar-refractivity contribution in [1.82, 2.24) is 15.3 Å². The van der Waals surface area contributed by atoms with Gasteiger partial charge in [0.05, 0.1) is 0 Å². The van der Waals surface area contributed by atoms with Gasteiger partial charge in [-0.25, -0.2) is 9.97 Å². The van der Waals surface area contributed by atoms with Gasteiger partial charge in [-0.1, -0.05) is 30.3 Å². The molecule has 0 spiro atoms. The van der Waals surface area contributed by atoms with E-state index in [-0.39, 0.29) is 5.91 Å². The van der Waals surface area contributed by atoms with E-state index >= 15 is 0 Å². The highest BCUT2D eigenvalue weighted by atomic mass is 16.1. The SMILES string of the molecule is Cc1nc(NC2CC2)cc(C(=O)NCc2ccccc2)n1. The average molecular weight is 282 g/mol. The van der Waals surface area contributed by atoms with Crippen molar-refractivity contribution in [1.29, 1.82) is 0 Å². The van der Waals surface area contributed by atoms with E-state index in [1.807, 2.05) is 30.3 Å². The van der Waals surface area contributed by atoms with Crippen LogP contribution in [0.4, 0.5) is 5.82 Å². The molecule has 1 amide bonds. The zero-order valence-electron chi connectivity index (χ0n) is 12.0. The van der Waals surface area contributed by atoms with Gasteiger partial charge in [0.2, 0.25) is 0 Å². The molecule has 5 heteroatoms. The van der Waals surface area contributed by atoms with Crippen LogP contribution in [0.5, 0.6) is 0 Å². The lowest BCUT2D eigenvalue weighted by atomic mass is 10.2. The molecule has 108 valence electrons. The number of hydrogen-bond donors (Lipinski definition) is 2. The number of aryl methyl sites for hydroxylation is 1. The fourth-order valence-electron chi connectivity index (χ4n) is 2.06. The van der Waals surface area contributed by atoms with Gasteiger partial charge in [0.25, 0.3) is 5.91 Å². The molecule has 1 aliphatic rings. The maximum Gasteiger partial charge on any atom is 0.270 e. The third-order valence-electron chi connectivity index (χ3n) is 3.30. The molecule has 0 bridgehead atoms. The summed E-state index contributed by atoms with van der Waals surface area (Å²) in [7, 11) is 0. The number of amides is 1. The van der Waals surface area contributed by atoms with Crippen LogP contribution in [0.25, 0.3) is 0 Å². The molecule has 3 rings (SSSR count). The Morgan fingerprint density at radius 3 is 2.71 bits per heavy atom. The van der Waals surface area contributed by atoms with Crippen molar-refractivity contribution in [2.24, 2.45) is 0 Å². The van der Waals surface area contributed by atoms with Crippen molar-refractivity contribution in [2.75, 3.05) is 5.32 Å². The van der Waals surface area contributed by atoms with Crippen LogP contribution in [-0.2, 0) is 6.54 Å². The van der Waals surface area contributed by atoms with E-state index in [4.69, 9.17) is 0 Å². The molecule has 2 aromatic rings. The summed E-state index contributed by atoms with van der Waals surface area (Å²) in [4.78, 5) is 20.7. The minimum atomic E-state index is -0.178. The minimum Gasteiger partial charge on any atom is -0.367 e. The van der Waals surface area contributed by atoms with Gasteiger partial charge in [0, 0.05) is 18.7 Å². The molecule has 1 heterocycles. The minimum absolute atomic E-state index is 0.178. The predicted molar refractivity (Wildman–Crippen MR) is 81.0 cm³/mol. The second kappa shape index (κ2) is 5.91. The van der Waals surface area contributed by atoms with E-state index in [1.54, 1.807) is 13.0 Å². The van der Waals surface area contributed by atoms with Gasteiger partial charge in [-0.15, -0.1) is 0 Å². The first-order valence-corrected chi connectivity index (χ1v) is 7.15. The van der Waals surface area contributed by atoms with Crippen molar-refractivity contribution < 1.29 is 4.79 Å². The highest BCUT2D eigenvalue weighted by Gasteiger charge is 2.22. The zero-order valence-corrected chi connectivity index (χ0v) is 12.0. The Bertz CT molecular complexity index is 638. The van der Waals surface area contributed by atoms with Crippen LogP contribution in [0.1, 0.15) is 34.7 Å². The Balaban J connectivity index is 1.67. The van der Waals surface area contributed by atoms with Crippen molar-refractivity contribution in [3.63, 3.8) is 0 Å². The molecular weight excluding hydrogens is 264 g/mol. The summed E-state index contributed by atoms with van der Waals surface area (Å²) in [5.74, 6) is 1.16. The maximum absolute atomic E-state index is 12.2. The van der Waals surface area contributed by atoms with Crippen LogP contribution in [0.2, 0.25) is 0 Å². The monoisotopic (exact) mass is 282 g/mol. The molecule has 0 saturated heterocycles. The van der Waals surface area contributed by atoms with Gasteiger partial charge in [-0.2, -0.15) is 0 Å². The lowest BCUT2D eigenvalue weighted by Gasteiger charge is -2.08. The Hall–Kier alpha value is -2.43. The molecule has 1 aromatic heterocycles. The third-order valence-corrected chi connectivity index (χ3v) is 3.30. The standard InChI is InChI=1S/C16H18N4O/c1-11-18-14(9-15(19-11)20-13-7-8-13)16(21)17-10-12-5-3-2-4-6-12/h2-6,9,13H,7-8,10H2,1H3,(H,17,21)(H,18,19,20). The number of carbonyl (C=O) groups excluding carboxylic acids is 1. The average Bonchev–Trinajstić information content (AvgIpc) is 3.29. The van der Waals surface area contributed by atoms with Crippen molar-refractivity contribution >= 4 is 11.7 Å². The first-order chi connectivity index (χ1) is 10.2. The topological polar surface area (TPSA) is 66.9 Å². The smallest absolute Gasteiger partial charge is 0.270 e. The summed E-state index contributed by atoms with van der Waals surface area (Å²) in [6.07, 6.45) is 2.33. The van der Waals surface area contributed by atoms with Crippen LogP contribution < -0.4 is 10.6 Å². The van der Waals surface area contributed by atoms with Crippen LogP contribution in [0, 0.1) is 6.92 Å². The molecule has 1 fully saturated rings. The summed E-state index contributed by atoms with van der Waals surface area (Å²) in [6, 6.07) is 12.0. The van der Waals surface area contributed by atoms with E-state index in [0.717, 1.165) is 11.4 Å². The molecule has 5 nitrogen and oxygen atoms in total. The maximum atomic E-state index is 12.2. The molecule has 0 radical (unpaired) electrons. The van der Waals surface area contributed by atoms with E-state index in [2.05, 4.69) is 20.6 Å². The molecular formula is C16H18N4O. The van der Waals surface area contributed by atoms with Crippen LogP contribution >= 0.6 is 0 Å². The number of nitrogens with zero attached hydrogens (tertiary/aromatic N) is 2. The van der Waals surface area contributed by atoms with Gasteiger partial charge < -0.3 is 10.6 Å². The second-order valence-electron chi connectivity index (χ2n) is 5.27. The zero-order chi connectivity index (χ0) is 14.7. The predicted octanol–water partition coefficient (Wildman–Crippen LogP) is 2.29. The van der Waals surface area contributed by atoms with E-state index in [0.29, 0.717) is 24.1 Å². The number of rotatable bonds is 5. The van der Waals surface area contributed by atoms with Crippen molar-refractivity contribution in [3.05, 3.63) is 53.5 Å². The summed E-state index contributed by atoms with van der Waals surface area (Å²) < 4.78 is 0. The van der Waals surface area contributed by atoms with E-state index in [9.17, 15) is 4.79 Å². The first kappa shape index (κ1) is 13.5.